The van der Waals surface area contributed by atoms with Crippen LogP contribution in [0.4, 0.5) is 5.82 Å². The highest BCUT2D eigenvalue weighted by molar-refractivity contribution is 5.50. The molecular formula is C22H31N3O3+2. The SMILES string of the molecule is CC1(C)Cc2cccc(OC[C@H](O)C[NH+]3CCN(c4cccc[nH+]4)CC3)c2O1. The monoisotopic (exact) mass is 385 g/mol. The number of aromatic nitrogens is 1. The summed E-state index contributed by atoms with van der Waals surface area (Å²) in [7, 11) is 0. The number of rotatable bonds is 6. The van der Waals surface area contributed by atoms with Gasteiger partial charge in [-0.3, -0.25) is 4.90 Å². The fourth-order valence-electron chi connectivity index (χ4n) is 4.13. The highest BCUT2D eigenvalue weighted by atomic mass is 16.5. The maximum Gasteiger partial charge on any atom is 0.274 e. The number of nitrogens with zero attached hydrogens (tertiary/aromatic N) is 1. The molecule has 0 radical (unpaired) electrons. The number of piperazine rings is 1. The average molecular weight is 386 g/mol. The van der Waals surface area contributed by atoms with Gasteiger partial charge in [0.2, 0.25) is 0 Å². The van der Waals surface area contributed by atoms with Crippen molar-refractivity contribution in [3.63, 3.8) is 0 Å². The van der Waals surface area contributed by atoms with Crippen molar-refractivity contribution in [3.8, 4) is 11.5 Å². The summed E-state index contributed by atoms with van der Waals surface area (Å²) in [5.74, 6) is 2.73. The number of benzene rings is 1. The van der Waals surface area contributed by atoms with Gasteiger partial charge in [-0.05, 0) is 26.0 Å². The van der Waals surface area contributed by atoms with E-state index in [-0.39, 0.29) is 5.60 Å². The number of H-pyrrole nitrogens is 1. The van der Waals surface area contributed by atoms with Crippen LogP contribution in [0, 0.1) is 0 Å². The molecule has 0 aliphatic carbocycles. The molecular weight excluding hydrogens is 354 g/mol. The van der Waals surface area contributed by atoms with Gasteiger partial charge in [0, 0.05) is 18.1 Å². The van der Waals surface area contributed by atoms with Crippen molar-refractivity contribution in [1.29, 1.82) is 0 Å². The van der Waals surface area contributed by atoms with E-state index in [4.69, 9.17) is 9.47 Å². The Labute approximate surface area is 166 Å². The third-order valence-corrected chi connectivity index (χ3v) is 5.51. The summed E-state index contributed by atoms with van der Waals surface area (Å²) < 4.78 is 12.0. The van der Waals surface area contributed by atoms with Crippen LogP contribution in [-0.2, 0) is 6.42 Å². The van der Waals surface area contributed by atoms with Crippen molar-refractivity contribution in [2.45, 2.75) is 32.0 Å². The van der Waals surface area contributed by atoms with Crippen LogP contribution in [0.3, 0.4) is 0 Å². The molecule has 1 aromatic heterocycles. The number of quaternary nitrogens is 1. The lowest BCUT2D eigenvalue weighted by molar-refractivity contribution is -0.903. The summed E-state index contributed by atoms with van der Waals surface area (Å²) in [6.45, 7) is 9.16. The zero-order valence-corrected chi connectivity index (χ0v) is 16.8. The van der Waals surface area contributed by atoms with Gasteiger partial charge in [-0.2, -0.15) is 0 Å². The maximum absolute atomic E-state index is 10.5. The van der Waals surface area contributed by atoms with Gasteiger partial charge in [-0.15, -0.1) is 0 Å². The number of ether oxygens (including phenoxy) is 2. The second-order valence-electron chi connectivity index (χ2n) is 8.44. The van der Waals surface area contributed by atoms with Crippen LogP contribution >= 0.6 is 0 Å². The average Bonchev–Trinajstić information content (AvgIpc) is 3.02. The van der Waals surface area contributed by atoms with Gasteiger partial charge in [-0.1, -0.05) is 18.2 Å². The van der Waals surface area contributed by atoms with E-state index in [1.165, 1.54) is 10.5 Å². The molecule has 1 saturated heterocycles. The molecule has 2 aliphatic rings. The largest absolute Gasteiger partial charge is 0.487 e. The van der Waals surface area contributed by atoms with Gasteiger partial charge in [-0.25, -0.2) is 4.98 Å². The maximum atomic E-state index is 10.5. The quantitative estimate of drug-likeness (QED) is 0.754. The Morgan fingerprint density at radius 3 is 2.79 bits per heavy atom. The summed E-state index contributed by atoms with van der Waals surface area (Å²) >= 11 is 0. The number of para-hydroxylation sites is 1. The topological polar surface area (TPSA) is 60.5 Å². The second kappa shape index (κ2) is 7.97. The Morgan fingerprint density at radius 2 is 2.04 bits per heavy atom. The van der Waals surface area contributed by atoms with Gasteiger partial charge >= 0.3 is 0 Å². The number of fused-ring (bicyclic) bond motifs is 1. The van der Waals surface area contributed by atoms with E-state index in [1.54, 1.807) is 0 Å². The number of aliphatic hydroxyl groups is 1. The number of hydrogen-bond donors (Lipinski definition) is 2. The number of aromatic amines is 1. The highest BCUT2D eigenvalue weighted by Gasteiger charge is 2.32. The van der Waals surface area contributed by atoms with Crippen LogP contribution in [0.15, 0.2) is 42.6 Å². The molecule has 1 aromatic carbocycles. The van der Waals surface area contributed by atoms with Crippen molar-refractivity contribution >= 4 is 5.82 Å². The molecule has 0 spiro atoms. The summed E-state index contributed by atoms with van der Waals surface area (Å²) in [5, 5.41) is 10.5. The molecule has 0 bridgehead atoms. The molecule has 0 unspecified atom stereocenters. The van der Waals surface area contributed by atoms with Crippen molar-refractivity contribution in [2.75, 3.05) is 44.2 Å². The highest BCUT2D eigenvalue weighted by Crippen LogP contribution is 2.41. The Hall–Kier alpha value is -2.31. The zero-order chi connectivity index (χ0) is 19.6. The Morgan fingerprint density at radius 1 is 1.21 bits per heavy atom. The first-order chi connectivity index (χ1) is 13.5. The predicted octanol–water partition coefficient (Wildman–Crippen LogP) is 0.359. The van der Waals surface area contributed by atoms with Crippen LogP contribution in [0.2, 0.25) is 0 Å². The third-order valence-electron chi connectivity index (χ3n) is 5.51. The van der Waals surface area contributed by atoms with Crippen molar-refractivity contribution in [3.05, 3.63) is 48.2 Å². The Bertz CT molecular complexity index is 789. The van der Waals surface area contributed by atoms with E-state index in [0.29, 0.717) is 13.2 Å². The lowest BCUT2D eigenvalue weighted by atomic mass is 10.0. The number of pyridine rings is 1. The normalized spacial score (nSPS) is 19.8. The number of hydrogen-bond acceptors (Lipinski definition) is 4. The molecule has 3 heterocycles. The molecule has 1 atom stereocenters. The van der Waals surface area contributed by atoms with E-state index >= 15 is 0 Å². The van der Waals surface area contributed by atoms with Crippen molar-refractivity contribution in [2.24, 2.45) is 0 Å². The first kappa shape index (κ1) is 19.0. The van der Waals surface area contributed by atoms with Crippen LogP contribution in [0.1, 0.15) is 19.4 Å². The van der Waals surface area contributed by atoms with Gasteiger partial charge in [0.25, 0.3) is 5.82 Å². The molecule has 0 amide bonds. The first-order valence-electron chi connectivity index (χ1n) is 10.2. The third kappa shape index (κ3) is 4.39. The molecule has 6 heteroatoms. The lowest BCUT2D eigenvalue weighted by Gasteiger charge is -2.29. The predicted molar refractivity (Wildman–Crippen MR) is 107 cm³/mol. The first-order valence-corrected chi connectivity index (χ1v) is 10.2. The minimum absolute atomic E-state index is 0.194. The van der Waals surface area contributed by atoms with Crippen LogP contribution in [-0.4, -0.2) is 56.1 Å². The molecule has 1 fully saturated rings. The van der Waals surface area contributed by atoms with E-state index in [2.05, 4.69) is 41.9 Å². The van der Waals surface area contributed by atoms with Gasteiger partial charge in [0.15, 0.2) is 11.5 Å². The Kier molecular flexibility index (Phi) is 5.42. The van der Waals surface area contributed by atoms with E-state index in [0.717, 1.165) is 49.9 Å². The molecule has 3 N–H and O–H groups in total. The second-order valence-corrected chi connectivity index (χ2v) is 8.44. The molecule has 150 valence electrons. The molecule has 28 heavy (non-hydrogen) atoms. The van der Waals surface area contributed by atoms with E-state index in [9.17, 15) is 5.11 Å². The van der Waals surface area contributed by atoms with Crippen LogP contribution in [0.5, 0.6) is 11.5 Å². The summed E-state index contributed by atoms with van der Waals surface area (Å²) in [5.41, 5.74) is 0.983. The van der Waals surface area contributed by atoms with Gasteiger partial charge < -0.3 is 19.5 Å². The summed E-state index contributed by atoms with van der Waals surface area (Å²) in [6.07, 6.45) is 2.35. The zero-order valence-electron chi connectivity index (χ0n) is 16.8. The van der Waals surface area contributed by atoms with Gasteiger partial charge in [0.1, 0.15) is 51.0 Å². The molecule has 4 rings (SSSR count). The number of anilines is 1. The van der Waals surface area contributed by atoms with Gasteiger partial charge in [0.05, 0.1) is 6.20 Å². The Balaban J connectivity index is 1.25. The molecule has 6 nitrogen and oxygen atoms in total. The number of nitrogens with one attached hydrogen (secondary N) is 2. The van der Waals surface area contributed by atoms with E-state index < -0.39 is 6.10 Å². The summed E-state index contributed by atoms with van der Waals surface area (Å²) in [6, 6.07) is 12.2. The number of aliphatic hydroxyl groups excluding tert-OH is 1. The molecule has 2 aromatic rings. The van der Waals surface area contributed by atoms with Crippen molar-refractivity contribution < 1.29 is 24.5 Å². The molecule has 2 aliphatic heterocycles. The van der Waals surface area contributed by atoms with Crippen LogP contribution in [0.25, 0.3) is 0 Å². The fourth-order valence-corrected chi connectivity index (χ4v) is 4.13. The van der Waals surface area contributed by atoms with Crippen molar-refractivity contribution in [1.82, 2.24) is 0 Å². The summed E-state index contributed by atoms with van der Waals surface area (Å²) in [4.78, 5) is 7.07. The smallest absolute Gasteiger partial charge is 0.274 e. The van der Waals surface area contributed by atoms with E-state index in [1.807, 2.05) is 24.4 Å². The minimum Gasteiger partial charge on any atom is -0.487 e. The van der Waals surface area contributed by atoms with Crippen LogP contribution < -0.4 is 24.3 Å². The fraction of sp³-hybridized carbons (Fsp3) is 0.500. The standard InChI is InChI=1S/C22H29N3O3/c1-22(2)14-17-6-5-7-19(21(17)28-22)27-16-18(26)15-24-10-12-25(13-11-24)20-8-3-4-9-23-20/h3-9,18,26H,10-16H2,1-2H3/p+2/t18-/m1/s1. The molecule has 0 saturated carbocycles. The minimum atomic E-state index is -0.491. The lowest BCUT2D eigenvalue weighted by Crippen LogP contribution is -3.16.